The molecule has 4 atom stereocenters. The highest BCUT2D eigenvalue weighted by Crippen LogP contribution is 2.52. The van der Waals surface area contributed by atoms with Crippen molar-refractivity contribution < 1.29 is 9.59 Å². The van der Waals surface area contributed by atoms with Crippen molar-refractivity contribution >= 4 is 34.9 Å². The van der Waals surface area contributed by atoms with Crippen LogP contribution in [0.15, 0.2) is 61.2 Å². The van der Waals surface area contributed by atoms with Gasteiger partial charge in [0.05, 0.1) is 11.5 Å². The Bertz CT molecular complexity index is 1020. The second-order valence-electron chi connectivity index (χ2n) is 9.78. The van der Waals surface area contributed by atoms with E-state index in [0.717, 1.165) is 30.4 Å². The van der Waals surface area contributed by atoms with Crippen molar-refractivity contribution in [1.29, 1.82) is 0 Å². The molecule has 1 aliphatic rings. The summed E-state index contributed by atoms with van der Waals surface area (Å²) in [6, 6.07) is 15.7. The zero-order valence-electron chi connectivity index (χ0n) is 20.4. The van der Waals surface area contributed by atoms with Gasteiger partial charge in [0.25, 0.3) is 0 Å². The molecule has 0 bridgehead atoms. The molecule has 1 saturated heterocycles. The van der Waals surface area contributed by atoms with Crippen LogP contribution in [-0.2, 0) is 9.59 Å². The van der Waals surface area contributed by atoms with Gasteiger partial charge in [-0.3, -0.25) is 4.79 Å². The number of carbonyl (C=O) groups is 2. The van der Waals surface area contributed by atoms with Crippen molar-refractivity contribution in [2.45, 2.75) is 77.3 Å². The van der Waals surface area contributed by atoms with Crippen LogP contribution in [0.4, 0.5) is 0 Å². The predicted octanol–water partition coefficient (Wildman–Crippen LogP) is 8.17. The van der Waals surface area contributed by atoms with E-state index in [1.165, 1.54) is 0 Å². The molecule has 3 rings (SSSR count). The van der Waals surface area contributed by atoms with Gasteiger partial charge >= 0.3 is 0 Å². The molecule has 2 aromatic rings. The molecule has 0 N–H and O–H groups in total. The first-order valence-corrected chi connectivity index (χ1v) is 12.9. The van der Waals surface area contributed by atoms with Gasteiger partial charge in [-0.1, -0.05) is 67.4 Å². The van der Waals surface area contributed by atoms with Gasteiger partial charge in [-0.15, -0.1) is 6.58 Å². The molecular weight excluding hydrogens is 465 g/mol. The maximum absolute atomic E-state index is 14.2. The van der Waals surface area contributed by atoms with E-state index in [0.29, 0.717) is 29.3 Å². The van der Waals surface area contributed by atoms with Crippen LogP contribution >= 0.6 is 23.2 Å². The SMILES string of the molecule is C=CC[C@@]1(C)CC(c2cccc(Cl)c2)C(c2ccc(Cl)cc2)N([C@@H](CC)CCCC(C)=O)C1=O. The number of ketones is 1. The molecule has 0 aromatic heterocycles. The van der Waals surface area contributed by atoms with Gasteiger partial charge in [0, 0.05) is 28.4 Å². The van der Waals surface area contributed by atoms with E-state index in [2.05, 4.69) is 31.4 Å². The fraction of sp³-hybridized carbons (Fsp3) is 0.448. The molecule has 0 saturated carbocycles. The summed E-state index contributed by atoms with van der Waals surface area (Å²) in [6.07, 6.45) is 6.07. The van der Waals surface area contributed by atoms with Gasteiger partial charge in [0.1, 0.15) is 5.78 Å². The quantitative estimate of drug-likeness (QED) is 0.309. The summed E-state index contributed by atoms with van der Waals surface area (Å²) in [5.41, 5.74) is 1.62. The largest absolute Gasteiger partial charge is 0.332 e. The predicted molar refractivity (Wildman–Crippen MR) is 141 cm³/mol. The number of Topliss-reactive ketones (excluding diaryl/α,β-unsaturated/α-hetero) is 1. The molecule has 0 radical (unpaired) electrons. The second kappa shape index (κ2) is 11.6. The monoisotopic (exact) mass is 499 g/mol. The van der Waals surface area contributed by atoms with E-state index >= 15 is 0 Å². The highest BCUT2D eigenvalue weighted by molar-refractivity contribution is 6.30. The third-order valence-electron chi connectivity index (χ3n) is 7.12. The number of benzene rings is 2. The summed E-state index contributed by atoms with van der Waals surface area (Å²) >= 11 is 12.6. The summed E-state index contributed by atoms with van der Waals surface area (Å²) in [5, 5.41) is 1.36. The van der Waals surface area contributed by atoms with Gasteiger partial charge in [-0.2, -0.15) is 0 Å². The number of allylic oxidation sites excluding steroid dienone is 1. The van der Waals surface area contributed by atoms with E-state index < -0.39 is 5.41 Å². The van der Waals surface area contributed by atoms with Crippen LogP contribution in [-0.4, -0.2) is 22.6 Å². The second-order valence-corrected chi connectivity index (χ2v) is 10.7. The fourth-order valence-electron chi connectivity index (χ4n) is 5.42. The lowest BCUT2D eigenvalue weighted by molar-refractivity contribution is -0.154. The molecule has 1 amide bonds. The van der Waals surface area contributed by atoms with Crippen LogP contribution in [0.3, 0.4) is 0 Å². The maximum atomic E-state index is 14.2. The molecule has 5 heteroatoms. The Hall–Kier alpha value is -2.10. The Morgan fingerprint density at radius 1 is 1.18 bits per heavy atom. The molecule has 1 fully saturated rings. The standard InChI is InChI=1S/C29H35Cl2NO2/c1-5-17-29(4)19-26(22-10-8-11-24(31)18-22)27(21-13-15-23(30)16-14-21)32(28(29)34)25(6-2)12-7-9-20(3)33/h5,8,10-11,13-16,18,25-27H,1,6-7,9,12,17,19H2,2-4H3/t25-,26?,27?,29-/m0/s1. The van der Waals surface area contributed by atoms with Crippen LogP contribution in [0.5, 0.6) is 0 Å². The Morgan fingerprint density at radius 3 is 2.47 bits per heavy atom. The van der Waals surface area contributed by atoms with E-state index in [9.17, 15) is 9.59 Å². The van der Waals surface area contributed by atoms with E-state index in [4.69, 9.17) is 23.2 Å². The summed E-state index contributed by atoms with van der Waals surface area (Å²) < 4.78 is 0. The lowest BCUT2D eigenvalue weighted by atomic mass is 9.67. The van der Waals surface area contributed by atoms with Crippen LogP contribution in [0.25, 0.3) is 0 Å². The number of piperidine rings is 1. The van der Waals surface area contributed by atoms with Crippen molar-refractivity contribution in [2.75, 3.05) is 0 Å². The van der Waals surface area contributed by atoms with Crippen molar-refractivity contribution in [3.63, 3.8) is 0 Å². The number of hydrogen-bond donors (Lipinski definition) is 0. The Labute approximate surface area is 214 Å². The number of likely N-dealkylation sites (tertiary alicyclic amines) is 1. The lowest BCUT2D eigenvalue weighted by Crippen LogP contribution is -2.55. The Morgan fingerprint density at radius 2 is 1.88 bits per heavy atom. The Kier molecular flexibility index (Phi) is 9.01. The van der Waals surface area contributed by atoms with Crippen molar-refractivity contribution in [3.05, 3.63) is 82.4 Å². The number of rotatable bonds is 10. The topological polar surface area (TPSA) is 37.4 Å². The molecule has 34 heavy (non-hydrogen) atoms. The first-order chi connectivity index (χ1) is 16.2. The summed E-state index contributed by atoms with van der Waals surface area (Å²) in [7, 11) is 0. The highest BCUT2D eigenvalue weighted by Gasteiger charge is 2.50. The summed E-state index contributed by atoms with van der Waals surface area (Å²) in [4.78, 5) is 27.9. The highest BCUT2D eigenvalue weighted by atomic mass is 35.5. The average molecular weight is 501 g/mol. The summed E-state index contributed by atoms with van der Waals surface area (Å²) in [5.74, 6) is 0.395. The van der Waals surface area contributed by atoms with E-state index in [1.54, 1.807) is 6.92 Å². The molecule has 1 aliphatic heterocycles. The molecule has 2 unspecified atom stereocenters. The molecule has 0 spiro atoms. The molecular formula is C29H35Cl2NO2. The van der Waals surface area contributed by atoms with Crippen molar-refractivity contribution in [2.24, 2.45) is 5.41 Å². The van der Waals surface area contributed by atoms with Crippen molar-refractivity contribution in [3.8, 4) is 0 Å². The van der Waals surface area contributed by atoms with Crippen molar-refractivity contribution in [1.82, 2.24) is 4.90 Å². The Balaban J connectivity index is 2.15. The third-order valence-corrected chi connectivity index (χ3v) is 7.60. The minimum atomic E-state index is -0.564. The third kappa shape index (κ3) is 5.93. The van der Waals surface area contributed by atoms with Gasteiger partial charge in [0.15, 0.2) is 0 Å². The van der Waals surface area contributed by atoms with Gasteiger partial charge in [0.2, 0.25) is 5.91 Å². The molecule has 0 aliphatic carbocycles. The number of amides is 1. The average Bonchev–Trinajstić information content (AvgIpc) is 2.79. The number of halogens is 2. The lowest BCUT2D eigenvalue weighted by Gasteiger charge is -2.52. The smallest absolute Gasteiger partial charge is 0.229 e. The van der Waals surface area contributed by atoms with Gasteiger partial charge in [-0.05, 0) is 74.4 Å². The number of hydrogen-bond acceptors (Lipinski definition) is 2. The minimum absolute atomic E-state index is 0.0265. The molecule has 1 heterocycles. The minimum Gasteiger partial charge on any atom is -0.332 e. The number of carbonyl (C=O) groups excluding carboxylic acids is 2. The van der Waals surface area contributed by atoms with Crippen LogP contribution in [0.1, 0.15) is 82.4 Å². The summed E-state index contributed by atoms with van der Waals surface area (Å²) in [6.45, 7) is 9.75. The first kappa shape index (κ1) is 26.5. The zero-order valence-corrected chi connectivity index (χ0v) is 21.9. The zero-order chi connectivity index (χ0) is 24.9. The van der Waals surface area contributed by atoms with E-state index in [-0.39, 0.29) is 29.7 Å². The van der Waals surface area contributed by atoms with E-state index in [1.807, 2.05) is 48.5 Å². The first-order valence-electron chi connectivity index (χ1n) is 12.1. The van der Waals surface area contributed by atoms with Crippen LogP contribution in [0.2, 0.25) is 10.0 Å². The van der Waals surface area contributed by atoms with Gasteiger partial charge < -0.3 is 9.69 Å². The normalized spacial score (nSPS) is 23.6. The van der Waals surface area contributed by atoms with Crippen LogP contribution < -0.4 is 0 Å². The molecule has 3 nitrogen and oxygen atoms in total. The van der Waals surface area contributed by atoms with Gasteiger partial charge in [-0.25, -0.2) is 0 Å². The molecule has 182 valence electrons. The van der Waals surface area contributed by atoms with Crippen LogP contribution in [0, 0.1) is 5.41 Å². The fourth-order valence-corrected chi connectivity index (χ4v) is 5.74. The molecule has 2 aromatic carbocycles. The number of nitrogens with zero attached hydrogens (tertiary/aromatic N) is 1. The maximum Gasteiger partial charge on any atom is 0.229 e.